The highest BCUT2D eigenvalue weighted by Crippen LogP contribution is 2.26. The number of nitrogens with one attached hydrogen (secondary N) is 1. The van der Waals surface area contributed by atoms with Gasteiger partial charge in [0.15, 0.2) is 0 Å². The molecular weight excluding hydrogens is 339 g/mol. The molecular formula is C15H12F3N5O2. The molecule has 0 radical (unpaired) electrons. The van der Waals surface area contributed by atoms with Crippen molar-refractivity contribution in [3.63, 3.8) is 0 Å². The lowest BCUT2D eigenvalue weighted by atomic mass is 10.1. The number of nitriles is 1. The number of nitrogens with zero attached hydrogens (tertiary/aromatic N) is 4. The summed E-state index contributed by atoms with van der Waals surface area (Å²) >= 11 is 0. The third-order valence-corrected chi connectivity index (χ3v) is 3.10. The second kappa shape index (κ2) is 7.48. The van der Waals surface area contributed by atoms with Crippen LogP contribution in [0.4, 0.5) is 13.2 Å². The van der Waals surface area contributed by atoms with E-state index in [4.69, 9.17) is 15.2 Å². The van der Waals surface area contributed by atoms with Gasteiger partial charge in [-0.3, -0.25) is 4.68 Å². The molecule has 0 fully saturated rings. The van der Waals surface area contributed by atoms with Crippen LogP contribution >= 0.6 is 0 Å². The number of aromatic nitrogens is 4. The van der Waals surface area contributed by atoms with Crippen molar-refractivity contribution in [3.8, 4) is 17.2 Å². The Kier molecular flexibility index (Phi) is 5.38. The Balaban J connectivity index is 0.000000277. The first-order valence-electron chi connectivity index (χ1n) is 6.95. The number of hydrogen-bond acceptors (Lipinski definition) is 4. The van der Waals surface area contributed by atoms with Gasteiger partial charge in [-0.05, 0) is 17.7 Å². The number of carbonyl (C=O) groups is 1. The average Bonchev–Trinajstić information content (AvgIpc) is 3.21. The van der Waals surface area contributed by atoms with Crippen molar-refractivity contribution in [1.82, 2.24) is 19.7 Å². The number of aromatic amines is 1. The Morgan fingerprint density at radius 2 is 2.12 bits per heavy atom. The number of alkyl halides is 3. The van der Waals surface area contributed by atoms with Gasteiger partial charge in [-0.15, -0.1) is 0 Å². The van der Waals surface area contributed by atoms with E-state index in [1.165, 1.54) is 0 Å². The molecule has 130 valence electrons. The zero-order valence-corrected chi connectivity index (χ0v) is 12.7. The molecule has 3 aromatic heterocycles. The van der Waals surface area contributed by atoms with Gasteiger partial charge in [0.2, 0.25) is 0 Å². The van der Waals surface area contributed by atoms with Gasteiger partial charge in [-0.25, -0.2) is 9.78 Å². The zero-order valence-electron chi connectivity index (χ0n) is 12.7. The van der Waals surface area contributed by atoms with Crippen LogP contribution in [0.2, 0.25) is 0 Å². The molecule has 0 atom stereocenters. The van der Waals surface area contributed by atoms with Gasteiger partial charge in [-0.1, -0.05) is 0 Å². The molecule has 3 aromatic rings. The Labute approximate surface area is 139 Å². The summed E-state index contributed by atoms with van der Waals surface area (Å²) in [5.74, 6) is -2.76. The summed E-state index contributed by atoms with van der Waals surface area (Å²) < 4.78 is 33.5. The first-order valence-corrected chi connectivity index (χ1v) is 6.95. The molecule has 25 heavy (non-hydrogen) atoms. The summed E-state index contributed by atoms with van der Waals surface area (Å²) in [4.78, 5) is 16.2. The van der Waals surface area contributed by atoms with Crippen LogP contribution in [0.3, 0.4) is 0 Å². The van der Waals surface area contributed by atoms with Gasteiger partial charge in [0.05, 0.1) is 25.2 Å². The second-order valence-electron chi connectivity index (χ2n) is 4.80. The van der Waals surface area contributed by atoms with E-state index in [1.807, 2.05) is 30.7 Å². The topological polar surface area (TPSA) is 108 Å². The number of rotatable bonds is 3. The maximum absolute atomic E-state index is 10.6. The number of H-pyrrole nitrogens is 1. The summed E-state index contributed by atoms with van der Waals surface area (Å²) in [7, 11) is 0. The van der Waals surface area contributed by atoms with Crippen molar-refractivity contribution in [1.29, 1.82) is 5.26 Å². The van der Waals surface area contributed by atoms with Gasteiger partial charge in [0.1, 0.15) is 5.65 Å². The quantitative estimate of drug-likeness (QED) is 0.754. The fourth-order valence-electron chi connectivity index (χ4n) is 2.00. The van der Waals surface area contributed by atoms with Gasteiger partial charge in [0, 0.05) is 29.5 Å². The van der Waals surface area contributed by atoms with E-state index in [9.17, 15) is 13.2 Å². The van der Waals surface area contributed by atoms with Crippen molar-refractivity contribution in [2.75, 3.05) is 0 Å². The lowest BCUT2D eigenvalue weighted by molar-refractivity contribution is -0.192. The van der Waals surface area contributed by atoms with Gasteiger partial charge < -0.3 is 10.1 Å². The summed E-state index contributed by atoms with van der Waals surface area (Å²) in [6.07, 6.45) is 2.82. The summed E-state index contributed by atoms with van der Waals surface area (Å²) in [5.41, 5.74) is 3.02. The molecule has 0 saturated heterocycles. The van der Waals surface area contributed by atoms with Gasteiger partial charge in [0.25, 0.3) is 0 Å². The van der Waals surface area contributed by atoms with Crippen LogP contribution in [0.15, 0.2) is 36.9 Å². The summed E-state index contributed by atoms with van der Waals surface area (Å²) in [5, 5.41) is 21.0. The predicted octanol–water partition coefficient (Wildman–Crippen LogP) is 2.97. The van der Waals surface area contributed by atoms with E-state index in [2.05, 4.69) is 21.1 Å². The zero-order chi connectivity index (χ0) is 18.4. The van der Waals surface area contributed by atoms with E-state index in [-0.39, 0.29) is 0 Å². The fraction of sp³-hybridized carbons (Fsp3) is 0.200. The average molecular weight is 351 g/mol. The highest BCUT2D eigenvalue weighted by atomic mass is 19.4. The van der Waals surface area contributed by atoms with Crippen LogP contribution in [-0.4, -0.2) is 37.0 Å². The van der Waals surface area contributed by atoms with Crippen LogP contribution in [-0.2, 0) is 11.3 Å². The first-order chi connectivity index (χ1) is 11.8. The Morgan fingerprint density at radius 3 is 2.76 bits per heavy atom. The molecule has 0 aliphatic rings. The van der Waals surface area contributed by atoms with Crippen LogP contribution in [0, 0.1) is 11.3 Å². The van der Waals surface area contributed by atoms with E-state index < -0.39 is 12.1 Å². The molecule has 0 saturated carbocycles. The molecule has 0 bridgehead atoms. The largest absolute Gasteiger partial charge is 0.490 e. The molecule has 3 heterocycles. The minimum atomic E-state index is -5.08. The SMILES string of the molecule is N#CCCn1cc(-c2ccnc3[nH]ccc23)cn1.O=C(O)C(F)(F)F. The minimum Gasteiger partial charge on any atom is -0.475 e. The molecule has 10 heteroatoms. The van der Waals surface area contributed by atoms with Crippen molar-refractivity contribution in [2.24, 2.45) is 0 Å². The molecule has 0 spiro atoms. The lowest BCUT2D eigenvalue weighted by Gasteiger charge is -1.99. The third kappa shape index (κ3) is 4.57. The van der Waals surface area contributed by atoms with Gasteiger partial charge >= 0.3 is 12.1 Å². The van der Waals surface area contributed by atoms with Crippen molar-refractivity contribution >= 4 is 17.0 Å². The fourth-order valence-corrected chi connectivity index (χ4v) is 2.00. The second-order valence-corrected chi connectivity index (χ2v) is 4.80. The van der Waals surface area contributed by atoms with E-state index in [0.717, 1.165) is 22.2 Å². The van der Waals surface area contributed by atoms with Crippen molar-refractivity contribution < 1.29 is 23.1 Å². The van der Waals surface area contributed by atoms with Crippen LogP contribution in [0.25, 0.3) is 22.2 Å². The number of aliphatic carboxylic acids is 1. The monoisotopic (exact) mass is 351 g/mol. The summed E-state index contributed by atoms with van der Waals surface area (Å²) in [6, 6.07) is 6.09. The maximum Gasteiger partial charge on any atom is 0.490 e. The third-order valence-electron chi connectivity index (χ3n) is 3.10. The standard InChI is InChI=1S/C13H11N5.C2HF3O2/c14-4-1-7-18-9-10(8-17-18)11-2-5-15-13-12(11)3-6-16-13;3-2(4,5)1(6)7/h2-3,5-6,8-9H,1,7H2,(H,15,16);(H,6,7). The molecule has 0 unspecified atom stereocenters. The van der Waals surface area contributed by atoms with Crippen LogP contribution < -0.4 is 0 Å². The Hall–Kier alpha value is -3.35. The summed E-state index contributed by atoms with van der Waals surface area (Å²) in [6.45, 7) is 0.623. The molecule has 7 nitrogen and oxygen atoms in total. The molecule has 0 aromatic carbocycles. The number of carboxylic acid groups (broad SMARTS) is 1. The number of fused-ring (bicyclic) bond motifs is 1. The predicted molar refractivity (Wildman–Crippen MR) is 81.2 cm³/mol. The lowest BCUT2D eigenvalue weighted by Crippen LogP contribution is -2.21. The van der Waals surface area contributed by atoms with E-state index in [0.29, 0.717) is 13.0 Å². The highest BCUT2D eigenvalue weighted by Gasteiger charge is 2.38. The smallest absolute Gasteiger partial charge is 0.475 e. The minimum absolute atomic E-state index is 0.469. The molecule has 0 aliphatic carbocycles. The number of aryl methyl sites for hydroxylation is 1. The van der Waals surface area contributed by atoms with Gasteiger partial charge in [-0.2, -0.15) is 23.5 Å². The highest BCUT2D eigenvalue weighted by molar-refractivity contribution is 5.92. The maximum atomic E-state index is 10.6. The number of hydrogen-bond donors (Lipinski definition) is 2. The van der Waals surface area contributed by atoms with Crippen molar-refractivity contribution in [2.45, 2.75) is 19.1 Å². The number of halogens is 3. The van der Waals surface area contributed by atoms with Crippen LogP contribution in [0.5, 0.6) is 0 Å². The van der Waals surface area contributed by atoms with E-state index in [1.54, 1.807) is 10.9 Å². The molecule has 0 amide bonds. The number of carboxylic acids is 1. The Bertz CT molecular complexity index is 908. The van der Waals surface area contributed by atoms with E-state index >= 15 is 0 Å². The van der Waals surface area contributed by atoms with Crippen LogP contribution in [0.1, 0.15) is 6.42 Å². The normalized spacial score (nSPS) is 10.8. The molecule has 2 N–H and O–H groups in total. The molecule has 3 rings (SSSR count). The van der Waals surface area contributed by atoms with Crippen molar-refractivity contribution in [3.05, 3.63) is 36.9 Å². The Morgan fingerprint density at radius 1 is 1.40 bits per heavy atom. The number of pyridine rings is 1. The first kappa shape index (κ1) is 18.0. The molecule has 0 aliphatic heterocycles.